The van der Waals surface area contributed by atoms with Gasteiger partial charge in [0.2, 0.25) is 0 Å². The predicted molar refractivity (Wildman–Crippen MR) is 74.2 cm³/mol. The topological polar surface area (TPSA) is 21.3 Å². The van der Waals surface area contributed by atoms with Crippen molar-refractivity contribution in [1.29, 1.82) is 0 Å². The highest BCUT2D eigenvalue weighted by molar-refractivity contribution is 4.97. The predicted octanol–water partition coefficient (Wildman–Crippen LogP) is 3.38. The molecule has 3 unspecified atom stereocenters. The quantitative estimate of drug-likeness (QED) is 0.717. The largest absolute Gasteiger partial charge is 0.374 e. The molecule has 1 fully saturated rings. The van der Waals surface area contributed by atoms with E-state index >= 15 is 0 Å². The van der Waals surface area contributed by atoms with E-state index in [4.69, 9.17) is 4.74 Å². The number of nitrogens with one attached hydrogen (secondary N) is 1. The molecule has 100 valence electrons. The minimum absolute atomic E-state index is 0.456. The first kappa shape index (κ1) is 14.7. The van der Waals surface area contributed by atoms with E-state index in [2.05, 4.69) is 39.6 Å². The van der Waals surface area contributed by atoms with Crippen LogP contribution in [0, 0.1) is 11.8 Å². The van der Waals surface area contributed by atoms with Gasteiger partial charge in [0.1, 0.15) is 0 Å². The monoisotopic (exact) mass is 239 g/mol. The van der Waals surface area contributed by atoms with Gasteiger partial charge in [-0.25, -0.2) is 0 Å². The lowest BCUT2D eigenvalue weighted by molar-refractivity contribution is 0.0137. The first-order chi connectivity index (χ1) is 7.99. The third-order valence-electron chi connectivity index (χ3n) is 3.83. The van der Waals surface area contributed by atoms with Gasteiger partial charge in [-0.15, -0.1) is 0 Å². The van der Waals surface area contributed by atoms with Crippen LogP contribution in [0.2, 0.25) is 0 Å². The molecule has 0 amide bonds. The van der Waals surface area contributed by atoms with Crippen molar-refractivity contribution in [2.75, 3.05) is 13.2 Å². The van der Waals surface area contributed by atoms with Gasteiger partial charge in [-0.1, -0.05) is 34.3 Å². The molecule has 0 aromatic carbocycles. The Morgan fingerprint density at radius 1 is 1.29 bits per heavy atom. The third-order valence-corrected chi connectivity index (χ3v) is 3.83. The van der Waals surface area contributed by atoms with Crippen LogP contribution >= 0.6 is 0 Å². The molecular weight excluding hydrogens is 210 g/mol. The maximum atomic E-state index is 5.96. The zero-order valence-corrected chi connectivity index (χ0v) is 12.0. The minimum Gasteiger partial charge on any atom is -0.374 e. The first-order valence-electron chi connectivity index (χ1n) is 7.00. The van der Waals surface area contributed by atoms with Gasteiger partial charge in [0.25, 0.3) is 0 Å². The average Bonchev–Trinajstić information content (AvgIpc) is 2.28. The van der Waals surface area contributed by atoms with E-state index in [1.54, 1.807) is 0 Å². The second-order valence-electron chi connectivity index (χ2n) is 5.99. The lowest BCUT2D eigenvalue weighted by Crippen LogP contribution is -2.29. The number of hydrogen-bond donors (Lipinski definition) is 1. The lowest BCUT2D eigenvalue weighted by atomic mass is 9.80. The van der Waals surface area contributed by atoms with Crippen molar-refractivity contribution in [3.8, 4) is 0 Å². The highest BCUT2D eigenvalue weighted by Crippen LogP contribution is 2.30. The van der Waals surface area contributed by atoms with E-state index in [1.165, 1.54) is 19.3 Å². The van der Waals surface area contributed by atoms with E-state index in [1.807, 2.05) is 0 Å². The second-order valence-corrected chi connectivity index (χ2v) is 5.99. The maximum absolute atomic E-state index is 5.96. The molecule has 2 heteroatoms. The van der Waals surface area contributed by atoms with Crippen LogP contribution in [0.3, 0.4) is 0 Å². The molecule has 0 radical (unpaired) electrons. The molecule has 0 aromatic rings. The van der Waals surface area contributed by atoms with Crippen LogP contribution in [0.15, 0.2) is 12.2 Å². The van der Waals surface area contributed by atoms with Gasteiger partial charge in [0, 0.05) is 12.6 Å². The van der Waals surface area contributed by atoms with E-state index < -0.39 is 0 Å². The van der Waals surface area contributed by atoms with E-state index in [0.717, 1.165) is 24.0 Å². The van der Waals surface area contributed by atoms with Crippen LogP contribution in [0.5, 0.6) is 0 Å². The molecule has 1 aliphatic rings. The maximum Gasteiger partial charge on any atom is 0.0690 e. The molecule has 0 aromatic heterocycles. The molecule has 0 aliphatic heterocycles. The summed E-state index contributed by atoms with van der Waals surface area (Å²) < 4.78 is 5.96. The number of ether oxygens (including phenoxy) is 1. The second kappa shape index (κ2) is 7.17. The molecule has 0 heterocycles. The molecule has 1 rings (SSSR count). The normalized spacial score (nSPS) is 29.6. The smallest absolute Gasteiger partial charge is 0.0690 e. The Bertz CT molecular complexity index is 237. The standard InChI is InChI=1S/C15H29NO/c1-11(2)16-9-12(3)10-17-15-7-6-13(4)14(5)8-15/h11,13-16H,3,6-10H2,1-2,4-5H3. The highest BCUT2D eigenvalue weighted by atomic mass is 16.5. The molecule has 17 heavy (non-hydrogen) atoms. The summed E-state index contributed by atoms with van der Waals surface area (Å²) in [6, 6.07) is 0.516. The van der Waals surface area contributed by atoms with Gasteiger partial charge in [0.15, 0.2) is 0 Å². The summed E-state index contributed by atoms with van der Waals surface area (Å²) in [5.74, 6) is 1.66. The zero-order valence-electron chi connectivity index (χ0n) is 12.0. The molecule has 3 atom stereocenters. The van der Waals surface area contributed by atoms with Gasteiger partial charge in [-0.05, 0) is 36.7 Å². The Kier molecular flexibility index (Phi) is 6.21. The van der Waals surface area contributed by atoms with Gasteiger partial charge >= 0.3 is 0 Å². The van der Waals surface area contributed by atoms with E-state index in [9.17, 15) is 0 Å². The van der Waals surface area contributed by atoms with Crippen molar-refractivity contribution in [3.63, 3.8) is 0 Å². The van der Waals surface area contributed by atoms with Crippen LogP contribution in [-0.4, -0.2) is 25.3 Å². The van der Waals surface area contributed by atoms with Crippen LogP contribution < -0.4 is 5.32 Å². The van der Waals surface area contributed by atoms with Crippen LogP contribution in [0.1, 0.15) is 47.0 Å². The molecule has 1 saturated carbocycles. The van der Waals surface area contributed by atoms with Crippen molar-refractivity contribution < 1.29 is 4.74 Å². The molecule has 0 bridgehead atoms. The lowest BCUT2D eigenvalue weighted by Gasteiger charge is -2.32. The summed E-state index contributed by atoms with van der Waals surface area (Å²) in [6.07, 6.45) is 4.20. The van der Waals surface area contributed by atoms with Crippen molar-refractivity contribution in [1.82, 2.24) is 5.32 Å². The summed E-state index contributed by atoms with van der Waals surface area (Å²) in [4.78, 5) is 0. The fraction of sp³-hybridized carbons (Fsp3) is 0.867. The molecule has 0 saturated heterocycles. The van der Waals surface area contributed by atoms with Crippen molar-refractivity contribution in [2.24, 2.45) is 11.8 Å². The summed E-state index contributed by atoms with van der Waals surface area (Å²) in [5, 5.41) is 3.37. The number of hydrogen-bond acceptors (Lipinski definition) is 2. The fourth-order valence-corrected chi connectivity index (χ4v) is 2.28. The number of rotatable bonds is 6. The fourth-order valence-electron chi connectivity index (χ4n) is 2.28. The first-order valence-corrected chi connectivity index (χ1v) is 7.00. The molecule has 0 spiro atoms. The Morgan fingerprint density at radius 2 is 2.00 bits per heavy atom. The van der Waals surface area contributed by atoms with Gasteiger partial charge in [0.05, 0.1) is 12.7 Å². The zero-order chi connectivity index (χ0) is 12.8. The van der Waals surface area contributed by atoms with E-state index in [0.29, 0.717) is 18.8 Å². The molecule has 1 aliphatic carbocycles. The molecule has 1 N–H and O–H groups in total. The van der Waals surface area contributed by atoms with Crippen LogP contribution in [0.4, 0.5) is 0 Å². The van der Waals surface area contributed by atoms with Gasteiger partial charge < -0.3 is 10.1 Å². The van der Waals surface area contributed by atoms with Crippen molar-refractivity contribution >= 4 is 0 Å². The molecule has 2 nitrogen and oxygen atoms in total. The van der Waals surface area contributed by atoms with Crippen LogP contribution in [-0.2, 0) is 4.74 Å². The summed E-state index contributed by atoms with van der Waals surface area (Å²) in [6.45, 7) is 14.6. The van der Waals surface area contributed by atoms with E-state index in [-0.39, 0.29) is 0 Å². The van der Waals surface area contributed by atoms with Crippen LogP contribution in [0.25, 0.3) is 0 Å². The highest BCUT2D eigenvalue weighted by Gasteiger charge is 2.24. The Balaban J connectivity index is 2.16. The Labute approximate surface area is 107 Å². The summed E-state index contributed by atoms with van der Waals surface area (Å²) >= 11 is 0. The molecular formula is C15H29NO. The van der Waals surface area contributed by atoms with Gasteiger partial charge in [-0.2, -0.15) is 0 Å². The van der Waals surface area contributed by atoms with Crippen molar-refractivity contribution in [2.45, 2.75) is 59.1 Å². The Morgan fingerprint density at radius 3 is 2.59 bits per heavy atom. The summed E-state index contributed by atoms with van der Waals surface area (Å²) in [5.41, 5.74) is 1.16. The van der Waals surface area contributed by atoms with Crippen molar-refractivity contribution in [3.05, 3.63) is 12.2 Å². The van der Waals surface area contributed by atoms with Gasteiger partial charge in [-0.3, -0.25) is 0 Å². The summed E-state index contributed by atoms with van der Waals surface area (Å²) in [7, 11) is 0. The average molecular weight is 239 g/mol. The SMILES string of the molecule is C=C(CNC(C)C)COC1CCC(C)C(C)C1. The third kappa shape index (κ3) is 5.69. The Hall–Kier alpha value is -0.340. The minimum atomic E-state index is 0.456.